The summed E-state index contributed by atoms with van der Waals surface area (Å²) in [4.78, 5) is 14.7. The molecule has 19 heavy (non-hydrogen) atoms. The van der Waals surface area contributed by atoms with Gasteiger partial charge in [-0.05, 0) is 18.2 Å². The average Bonchev–Trinajstić information content (AvgIpc) is 2.45. The highest BCUT2D eigenvalue weighted by molar-refractivity contribution is 5.87. The van der Waals surface area contributed by atoms with Gasteiger partial charge >= 0.3 is 5.97 Å². The maximum absolute atomic E-state index is 10.8. The molecule has 0 aliphatic carbocycles. The molecule has 98 valence electrons. The normalized spacial score (nSPS) is 9.95. The van der Waals surface area contributed by atoms with E-state index in [1.54, 1.807) is 25.4 Å². The van der Waals surface area contributed by atoms with E-state index in [0.717, 1.165) is 0 Å². The Morgan fingerprint density at radius 1 is 1.26 bits per heavy atom. The fourth-order valence-electron chi connectivity index (χ4n) is 1.58. The second-order valence-corrected chi connectivity index (χ2v) is 3.83. The summed E-state index contributed by atoms with van der Waals surface area (Å²) in [7, 11) is 1.56. The third-order valence-corrected chi connectivity index (χ3v) is 2.51. The summed E-state index contributed by atoms with van der Waals surface area (Å²) in [5, 5.41) is 8.88. The van der Waals surface area contributed by atoms with E-state index in [9.17, 15) is 4.79 Å². The highest BCUT2D eigenvalue weighted by Gasteiger charge is 2.06. The van der Waals surface area contributed by atoms with Crippen molar-refractivity contribution >= 4 is 5.97 Å². The molecule has 1 N–H and O–H groups in total. The number of carboxylic acid groups (broad SMARTS) is 1. The van der Waals surface area contributed by atoms with E-state index in [2.05, 4.69) is 4.98 Å². The summed E-state index contributed by atoms with van der Waals surface area (Å²) in [6.45, 7) is 0.231. The number of carbonyl (C=O) groups is 1. The lowest BCUT2D eigenvalue weighted by molar-refractivity contribution is 0.0696. The number of benzene rings is 1. The van der Waals surface area contributed by atoms with Gasteiger partial charge in [-0.2, -0.15) is 0 Å². The zero-order valence-corrected chi connectivity index (χ0v) is 10.4. The molecule has 0 atom stereocenters. The number of carboxylic acids is 1. The first-order chi connectivity index (χ1) is 9.20. The van der Waals surface area contributed by atoms with Crippen LogP contribution in [0, 0.1) is 0 Å². The smallest absolute Gasteiger partial charge is 0.337 e. The molecule has 0 bridgehead atoms. The Morgan fingerprint density at radius 2 is 2.00 bits per heavy atom. The zero-order chi connectivity index (χ0) is 13.7. The van der Waals surface area contributed by atoms with Gasteiger partial charge in [-0.25, -0.2) is 4.79 Å². The van der Waals surface area contributed by atoms with Crippen LogP contribution >= 0.6 is 0 Å². The summed E-state index contributed by atoms with van der Waals surface area (Å²) in [5.74, 6) is 0.224. The SMILES string of the molecule is COc1ccccc1OCc1cncc(C(=O)O)c1. The minimum atomic E-state index is -1.01. The maximum Gasteiger partial charge on any atom is 0.337 e. The molecule has 5 nitrogen and oxygen atoms in total. The number of ether oxygens (including phenoxy) is 2. The number of aromatic nitrogens is 1. The van der Waals surface area contributed by atoms with Crippen LogP contribution in [0.1, 0.15) is 15.9 Å². The Kier molecular flexibility index (Phi) is 3.97. The van der Waals surface area contributed by atoms with Gasteiger partial charge in [0.15, 0.2) is 11.5 Å². The molecule has 2 rings (SSSR count). The molecule has 0 saturated carbocycles. The molecule has 0 amide bonds. The van der Waals surface area contributed by atoms with Gasteiger partial charge in [0.2, 0.25) is 0 Å². The van der Waals surface area contributed by atoms with Crippen LogP contribution in [0.4, 0.5) is 0 Å². The number of hydrogen-bond donors (Lipinski definition) is 1. The van der Waals surface area contributed by atoms with Crippen LogP contribution in [0.5, 0.6) is 11.5 Å². The predicted molar refractivity (Wildman–Crippen MR) is 68.5 cm³/mol. The summed E-state index contributed by atoms with van der Waals surface area (Å²) in [6, 6.07) is 8.79. The Hall–Kier alpha value is -2.56. The summed E-state index contributed by atoms with van der Waals surface area (Å²) in [6.07, 6.45) is 2.87. The van der Waals surface area contributed by atoms with Crippen molar-refractivity contribution in [3.05, 3.63) is 53.9 Å². The lowest BCUT2D eigenvalue weighted by Crippen LogP contribution is -2.02. The van der Waals surface area contributed by atoms with E-state index in [1.807, 2.05) is 12.1 Å². The standard InChI is InChI=1S/C14H13NO4/c1-18-12-4-2-3-5-13(12)19-9-10-6-11(14(16)17)8-15-7-10/h2-8H,9H2,1H3,(H,16,17). The molecule has 0 radical (unpaired) electrons. The van der Waals surface area contributed by atoms with E-state index in [-0.39, 0.29) is 12.2 Å². The number of pyridine rings is 1. The van der Waals surface area contributed by atoms with Crippen molar-refractivity contribution in [2.45, 2.75) is 6.61 Å². The first kappa shape index (κ1) is 12.9. The van der Waals surface area contributed by atoms with Crippen LogP contribution in [0.2, 0.25) is 0 Å². The minimum absolute atomic E-state index is 0.140. The van der Waals surface area contributed by atoms with Crippen LogP contribution in [0.3, 0.4) is 0 Å². The molecule has 1 heterocycles. The molecule has 0 aliphatic heterocycles. The molecule has 2 aromatic rings. The van der Waals surface area contributed by atoms with Crippen molar-refractivity contribution in [2.24, 2.45) is 0 Å². The van der Waals surface area contributed by atoms with Gasteiger partial charge in [-0.3, -0.25) is 4.98 Å². The molecule has 0 spiro atoms. The van der Waals surface area contributed by atoms with E-state index >= 15 is 0 Å². The molecule has 1 aromatic carbocycles. The Labute approximate surface area is 110 Å². The number of hydrogen-bond acceptors (Lipinski definition) is 4. The highest BCUT2D eigenvalue weighted by Crippen LogP contribution is 2.26. The Morgan fingerprint density at radius 3 is 2.68 bits per heavy atom. The van der Waals surface area contributed by atoms with Crippen LogP contribution < -0.4 is 9.47 Å². The number of rotatable bonds is 5. The molecule has 5 heteroatoms. The number of nitrogens with zero attached hydrogens (tertiary/aromatic N) is 1. The predicted octanol–water partition coefficient (Wildman–Crippen LogP) is 2.37. The van der Waals surface area contributed by atoms with Gasteiger partial charge in [0, 0.05) is 18.0 Å². The molecule has 0 fully saturated rings. The average molecular weight is 259 g/mol. The number of methoxy groups -OCH3 is 1. The molecule has 0 aliphatic rings. The van der Waals surface area contributed by atoms with Crippen molar-refractivity contribution in [3.8, 4) is 11.5 Å². The van der Waals surface area contributed by atoms with Crippen molar-refractivity contribution in [1.29, 1.82) is 0 Å². The fraction of sp³-hybridized carbons (Fsp3) is 0.143. The fourth-order valence-corrected chi connectivity index (χ4v) is 1.58. The van der Waals surface area contributed by atoms with Gasteiger partial charge in [-0.15, -0.1) is 0 Å². The van der Waals surface area contributed by atoms with Gasteiger partial charge in [0.05, 0.1) is 12.7 Å². The van der Waals surface area contributed by atoms with Crippen molar-refractivity contribution in [3.63, 3.8) is 0 Å². The van der Waals surface area contributed by atoms with Crippen molar-refractivity contribution < 1.29 is 19.4 Å². The number of aromatic carboxylic acids is 1. The molecule has 0 saturated heterocycles. The molecule has 1 aromatic heterocycles. The Balaban J connectivity index is 2.10. The second-order valence-electron chi connectivity index (χ2n) is 3.83. The lowest BCUT2D eigenvalue weighted by atomic mass is 10.2. The highest BCUT2D eigenvalue weighted by atomic mass is 16.5. The second kappa shape index (κ2) is 5.86. The summed E-state index contributed by atoms with van der Waals surface area (Å²) < 4.78 is 10.8. The van der Waals surface area contributed by atoms with Crippen LogP contribution in [0.25, 0.3) is 0 Å². The topological polar surface area (TPSA) is 68.7 Å². The van der Waals surface area contributed by atoms with Gasteiger partial charge in [-0.1, -0.05) is 12.1 Å². The van der Waals surface area contributed by atoms with Crippen molar-refractivity contribution in [1.82, 2.24) is 4.98 Å². The van der Waals surface area contributed by atoms with Gasteiger partial charge < -0.3 is 14.6 Å². The molecule has 0 unspecified atom stereocenters. The van der Waals surface area contributed by atoms with E-state index in [1.165, 1.54) is 12.3 Å². The van der Waals surface area contributed by atoms with Crippen LogP contribution in [-0.4, -0.2) is 23.2 Å². The van der Waals surface area contributed by atoms with Crippen LogP contribution in [0.15, 0.2) is 42.7 Å². The van der Waals surface area contributed by atoms with Crippen molar-refractivity contribution in [2.75, 3.05) is 7.11 Å². The third-order valence-electron chi connectivity index (χ3n) is 2.51. The first-order valence-corrected chi connectivity index (χ1v) is 5.63. The van der Waals surface area contributed by atoms with E-state index < -0.39 is 5.97 Å². The van der Waals surface area contributed by atoms with E-state index in [4.69, 9.17) is 14.6 Å². The van der Waals surface area contributed by atoms with Gasteiger partial charge in [0.1, 0.15) is 6.61 Å². The van der Waals surface area contributed by atoms with Gasteiger partial charge in [0.25, 0.3) is 0 Å². The summed E-state index contributed by atoms with van der Waals surface area (Å²) in [5.41, 5.74) is 0.826. The quantitative estimate of drug-likeness (QED) is 0.892. The third kappa shape index (κ3) is 3.22. The first-order valence-electron chi connectivity index (χ1n) is 5.63. The number of para-hydroxylation sites is 2. The van der Waals surface area contributed by atoms with E-state index in [0.29, 0.717) is 17.1 Å². The maximum atomic E-state index is 10.8. The largest absolute Gasteiger partial charge is 0.493 e. The monoisotopic (exact) mass is 259 g/mol. The lowest BCUT2D eigenvalue weighted by Gasteiger charge is -2.10. The Bertz CT molecular complexity index is 583. The summed E-state index contributed by atoms with van der Waals surface area (Å²) >= 11 is 0. The van der Waals surface area contributed by atoms with Crippen LogP contribution in [-0.2, 0) is 6.61 Å². The molecular weight excluding hydrogens is 246 g/mol. The molecular formula is C14H13NO4. The minimum Gasteiger partial charge on any atom is -0.493 e. The zero-order valence-electron chi connectivity index (χ0n) is 10.4.